The maximum Gasteiger partial charge on any atom is 0.238 e. The molecule has 0 aromatic heterocycles. The van der Waals surface area contributed by atoms with E-state index < -0.39 is 10.0 Å². The number of hydrogen-bond acceptors (Lipinski definition) is 3. The smallest absolute Gasteiger partial charge is 0.238 e. The van der Waals surface area contributed by atoms with Gasteiger partial charge in [-0.15, -0.1) is 0 Å². The molecule has 1 fully saturated rings. The van der Waals surface area contributed by atoms with Gasteiger partial charge in [0.25, 0.3) is 0 Å². The summed E-state index contributed by atoms with van der Waals surface area (Å²) in [7, 11) is -3.66. The van der Waals surface area contributed by atoms with E-state index in [0.717, 1.165) is 18.0 Å². The van der Waals surface area contributed by atoms with Crippen LogP contribution < -0.4 is 10.5 Å². The summed E-state index contributed by atoms with van der Waals surface area (Å²) in [4.78, 5) is 0.208. The molecule has 4 nitrogen and oxygen atoms in total. The van der Waals surface area contributed by atoms with E-state index in [-0.39, 0.29) is 4.90 Å². The van der Waals surface area contributed by atoms with E-state index in [1.54, 1.807) is 19.1 Å². The molecule has 0 heterocycles. The van der Waals surface area contributed by atoms with E-state index in [2.05, 4.69) is 19.2 Å². The third-order valence-electron chi connectivity index (χ3n) is 4.36. The summed E-state index contributed by atoms with van der Waals surface area (Å²) in [5, 5.41) is 8.76. The Morgan fingerprint density at radius 3 is 2.55 bits per heavy atom. The molecule has 0 aliphatic heterocycles. The van der Waals surface area contributed by atoms with Gasteiger partial charge in [0, 0.05) is 11.7 Å². The number of benzene rings is 1. The molecule has 1 aromatic carbocycles. The van der Waals surface area contributed by atoms with Crippen LogP contribution in [-0.2, 0) is 10.0 Å². The standard InChI is InChI=1S/C15H24N2O2S/c1-10-7-8-13(11(2)9-10)17-14-5-4-6-15(12(14)3)20(16,18)19/h4-6,10-11,13,17H,7-9H2,1-3H3,(H2,16,18,19). The second-order valence-corrected chi connectivity index (χ2v) is 7.65. The van der Waals surface area contributed by atoms with Gasteiger partial charge in [-0.25, -0.2) is 13.6 Å². The Labute approximate surface area is 121 Å². The van der Waals surface area contributed by atoms with Crippen molar-refractivity contribution in [2.45, 2.75) is 51.0 Å². The molecule has 0 saturated heterocycles. The van der Waals surface area contributed by atoms with E-state index in [9.17, 15) is 8.42 Å². The van der Waals surface area contributed by atoms with Crippen LogP contribution in [0.4, 0.5) is 5.69 Å². The lowest BCUT2D eigenvalue weighted by atomic mass is 9.80. The fourth-order valence-corrected chi connectivity index (χ4v) is 3.96. The number of anilines is 1. The Morgan fingerprint density at radius 1 is 1.25 bits per heavy atom. The molecule has 1 saturated carbocycles. The molecule has 2 rings (SSSR count). The average molecular weight is 296 g/mol. The van der Waals surface area contributed by atoms with Crippen molar-refractivity contribution in [1.82, 2.24) is 0 Å². The van der Waals surface area contributed by atoms with E-state index in [1.165, 1.54) is 12.8 Å². The summed E-state index contributed by atoms with van der Waals surface area (Å²) in [5.41, 5.74) is 1.59. The zero-order valence-corrected chi connectivity index (χ0v) is 13.2. The van der Waals surface area contributed by atoms with Gasteiger partial charge >= 0.3 is 0 Å². The number of sulfonamides is 1. The maximum atomic E-state index is 11.6. The Morgan fingerprint density at radius 2 is 1.95 bits per heavy atom. The van der Waals surface area contributed by atoms with Gasteiger partial charge in [0.2, 0.25) is 10.0 Å². The van der Waals surface area contributed by atoms with E-state index in [0.29, 0.717) is 17.5 Å². The van der Waals surface area contributed by atoms with Crippen LogP contribution in [0, 0.1) is 18.8 Å². The summed E-state index contributed by atoms with van der Waals surface area (Å²) < 4.78 is 23.1. The molecule has 5 heteroatoms. The van der Waals surface area contributed by atoms with Gasteiger partial charge < -0.3 is 5.32 Å². The number of hydrogen-bond donors (Lipinski definition) is 2. The predicted molar refractivity (Wildman–Crippen MR) is 82.1 cm³/mol. The Bertz CT molecular complexity index is 584. The Kier molecular flexibility index (Phi) is 4.39. The van der Waals surface area contributed by atoms with Crippen molar-refractivity contribution < 1.29 is 8.42 Å². The van der Waals surface area contributed by atoms with E-state index in [4.69, 9.17) is 5.14 Å². The second-order valence-electron chi connectivity index (χ2n) is 6.12. The van der Waals surface area contributed by atoms with Crippen molar-refractivity contribution in [2.75, 3.05) is 5.32 Å². The monoisotopic (exact) mass is 296 g/mol. The maximum absolute atomic E-state index is 11.6. The molecule has 1 aliphatic carbocycles. The minimum atomic E-state index is -3.66. The van der Waals surface area contributed by atoms with Gasteiger partial charge in [-0.3, -0.25) is 0 Å². The van der Waals surface area contributed by atoms with Crippen LogP contribution in [-0.4, -0.2) is 14.5 Å². The lowest BCUT2D eigenvalue weighted by molar-refractivity contribution is 0.276. The highest BCUT2D eigenvalue weighted by atomic mass is 32.2. The minimum absolute atomic E-state index is 0.208. The fourth-order valence-electron chi connectivity index (χ4n) is 3.16. The third kappa shape index (κ3) is 3.33. The highest BCUT2D eigenvalue weighted by Crippen LogP contribution is 2.32. The minimum Gasteiger partial charge on any atom is -0.382 e. The van der Waals surface area contributed by atoms with Gasteiger partial charge in [-0.2, -0.15) is 0 Å². The first-order chi connectivity index (χ1) is 9.29. The lowest BCUT2D eigenvalue weighted by Gasteiger charge is -2.34. The van der Waals surface area contributed by atoms with Crippen LogP contribution in [0.5, 0.6) is 0 Å². The van der Waals surface area contributed by atoms with E-state index in [1.807, 2.05) is 6.07 Å². The SMILES string of the molecule is Cc1c(NC2CCC(C)CC2C)cccc1S(N)(=O)=O. The van der Waals surface area contributed by atoms with Gasteiger partial charge in [-0.05, 0) is 55.7 Å². The van der Waals surface area contributed by atoms with Crippen LogP contribution in [0.1, 0.15) is 38.7 Å². The summed E-state index contributed by atoms with van der Waals surface area (Å²) in [6, 6.07) is 5.63. The highest BCUT2D eigenvalue weighted by Gasteiger charge is 2.26. The zero-order valence-electron chi connectivity index (χ0n) is 12.4. The molecule has 1 aliphatic rings. The topological polar surface area (TPSA) is 72.2 Å². The van der Waals surface area contributed by atoms with Gasteiger partial charge in [0.1, 0.15) is 0 Å². The number of nitrogens with two attached hydrogens (primary N) is 1. The van der Waals surface area contributed by atoms with Crippen molar-refractivity contribution >= 4 is 15.7 Å². The number of primary sulfonamides is 1. The number of rotatable bonds is 3. The molecule has 3 atom stereocenters. The molecule has 3 N–H and O–H groups in total. The van der Waals surface area contributed by atoms with Crippen LogP contribution >= 0.6 is 0 Å². The van der Waals surface area contributed by atoms with Crippen molar-refractivity contribution in [3.8, 4) is 0 Å². The summed E-state index contributed by atoms with van der Waals surface area (Å²) in [6.45, 7) is 6.35. The molecule has 112 valence electrons. The largest absolute Gasteiger partial charge is 0.382 e. The second kappa shape index (κ2) is 5.74. The van der Waals surface area contributed by atoms with Gasteiger partial charge in [-0.1, -0.05) is 19.9 Å². The molecule has 1 aromatic rings. The molecule has 0 radical (unpaired) electrons. The van der Waals surface area contributed by atoms with E-state index >= 15 is 0 Å². The Balaban J connectivity index is 2.22. The van der Waals surface area contributed by atoms with Crippen molar-refractivity contribution in [1.29, 1.82) is 0 Å². The van der Waals surface area contributed by atoms with Crippen LogP contribution in [0.3, 0.4) is 0 Å². The lowest BCUT2D eigenvalue weighted by Crippen LogP contribution is -2.33. The average Bonchev–Trinajstić information content (AvgIpc) is 2.33. The molecule has 0 bridgehead atoms. The van der Waals surface area contributed by atoms with Crippen LogP contribution in [0.25, 0.3) is 0 Å². The predicted octanol–water partition coefficient (Wildman–Crippen LogP) is 2.88. The van der Waals surface area contributed by atoms with Crippen LogP contribution in [0.2, 0.25) is 0 Å². The highest BCUT2D eigenvalue weighted by molar-refractivity contribution is 7.89. The number of nitrogens with one attached hydrogen (secondary N) is 1. The third-order valence-corrected chi connectivity index (χ3v) is 5.42. The van der Waals surface area contributed by atoms with Gasteiger partial charge in [0.05, 0.1) is 4.90 Å². The van der Waals surface area contributed by atoms with Gasteiger partial charge in [0.15, 0.2) is 0 Å². The van der Waals surface area contributed by atoms with Crippen molar-refractivity contribution in [2.24, 2.45) is 17.0 Å². The zero-order chi connectivity index (χ0) is 14.9. The first-order valence-electron chi connectivity index (χ1n) is 7.18. The molecular formula is C15H24N2O2S. The first kappa shape index (κ1) is 15.3. The first-order valence-corrected chi connectivity index (χ1v) is 8.72. The quantitative estimate of drug-likeness (QED) is 0.901. The normalized spacial score (nSPS) is 27.3. The molecule has 20 heavy (non-hydrogen) atoms. The summed E-state index contributed by atoms with van der Waals surface area (Å²) in [5.74, 6) is 1.37. The Hall–Kier alpha value is -1.07. The van der Waals surface area contributed by atoms with Crippen molar-refractivity contribution in [3.63, 3.8) is 0 Å². The summed E-state index contributed by atoms with van der Waals surface area (Å²) >= 11 is 0. The summed E-state index contributed by atoms with van der Waals surface area (Å²) in [6.07, 6.45) is 3.56. The molecule has 3 unspecified atom stereocenters. The van der Waals surface area contributed by atoms with Crippen molar-refractivity contribution in [3.05, 3.63) is 23.8 Å². The molecular weight excluding hydrogens is 272 g/mol. The molecule has 0 amide bonds. The van der Waals surface area contributed by atoms with Crippen LogP contribution in [0.15, 0.2) is 23.1 Å². The fraction of sp³-hybridized carbons (Fsp3) is 0.600. The molecule has 0 spiro atoms.